The van der Waals surface area contributed by atoms with Crippen molar-refractivity contribution in [2.45, 2.75) is 13.3 Å². The predicted octanol–water partition coefficient (Wildman–Crippen LogP) is 13.1. The Morgan fingerprint density at radius 2 is 1.36 bits per heavy atom. The fourth-order valence-electron chi connectivity index (χ4n) is 6.93. The number of benzene rings is 5. The van der Waals surface area contributed by atoms with E-state index in [0.717, 1.165) is 45.6 Å². The van der Waals surface area contributed by atoms with Gasteiger partial charge in [-0.1, -0.05) is 159 Å². The molecule has 53 heavy (non-hydrogen) atoms. The number of aromatic nitrogens is 3. The van der Waals surface area contributed by atoms with Gasteiger partial charge in [-0.15, -0.1) is 0 Å². The highest BCUT2D eigenvalue weighted by molar-refractivity contribution is 6.25. The van der Waals surface area contributed by atoms with E-state index in [0.29, 0.717) is 11.7 Å². The number of pyridine rings is 1. The lowest BCUT2D eigenvalue weighted by atomic mass is 9.93. The van der Waals surface area contributed by atoms with Gasteiger partial charge in [0.15, 0.2) is 5.82 Å². The molecule has 0 saturated heterocycles. The number of nitrogens with zero attached hydrogens (tertiary/aromatic N) is 3. The van der Waals surface area contributed by atoms with Crippen molar-refractivity contribution in [1.29, 1.82) is 0 Å². The summed E-state index contributed by atoms with van der Waals surface area (Å²) in [5, 5.41) is 7.37. The first kappa shape index (κ1) is 33.4. The maximum atomic E-state index is 5.19. The summed E-state index contributed by atoms with van der Waals surface area (Å²) in [5.41, 5.74) is 7.96. The van der Waals surface area contributed by atoms with Crippen LogP contribution in [-0.2, 0) is 0 Å². The molecule has 0 amide bonds. The van der Waals surface area contributed by atoms with E-state index < -0.39 is 0 Å². The average molecular weight is 682 g/mol. The maximum Gasteiger partial charge on any atom is 0.160 e. The van der Waals surface area contributed by atoms with E-state index in [9.17, 15) is 0 Å². The molecule has 0 N–H and O–H groups in total. The third kappa shape index (κ3) is 7.37. The van der Waals surface area contributed by atoms with E-state index in [1.54, 1.807) is 6.20 Å². The highest BCUT2D eigenvalue weighted by Gasteiger charge is 2.13. The van der Waals surface area contributed by atoms with Crippen LogP contribution in [0.4, 0.5) is 0 Å². The molecule has 1 unspecified atom stereocenters. The zero-order chi connectivity index (χ0) is 36.0. The fraction of sp³-hybridized carbons (Fsp3) is 0.0600. The van der Waals surface area contributed by atoms with Gasteiger partial charge in [0.2, 0.25) is 0 Å². The molecular weight excluding hydrogens is 643 g/mol. The van der Waals surface area contributed by atoms with Crippen molar-refractivity contribution in [1.82, 2.24) is 15.0 Å². The van der Waals surface area contributed by atoms with Gasteiger partial charge in [0.1, 0.15) is 0 Å². The summed E-state index contributed by atoms with van der Waals surface area (Å²) in [6.45, 7) is 6.55. The molecule has 1 aliphatic rings. The maximum absolute atomic E-state index is 5.19. The Morgan fingerprint density at radius 3 is 2.13 bits per heavy atom. The Bertz CT molecular complexity index is 2630. The minimum absolute atomic E-state index is 0.385. The molecule has 1 atom stereocenters. The molecule has 0 saturated carbocycles. The second-order valence-electron chi connectivity index (χ2n) is 13.4. The van der Waals surface area contributed by atoms with E-state index in [-0.39, 0.29) is 0 Å². The highest BCUT2D eigenvalue weighted by atomic mass is 14.9. The summed E-state index contributed by atoms with van der Waals surface area (Å²) < 4.78 is 0. The van der Waals surface area contributed by atoms with Crippen LogP contribution in [0.3, 0.4) is 0 Å². The molecule has 2 aromatic heterocycles. The van der Waals surface area contributed by atoms with Gasteiger partial charge in [-0.2, -0.15) is 0 Å². The van der Waals surface area contributed by atoms with Gasteiger partial charge in [0.05, 0.1) is 11.4 Å². The number of hydrogen-bond acceptors (Lipinski definition) is 3. The van der Waals surface area contributed by atoms with Gasteiger partial charge < -0.3 is 0 Å². The molecule has 2 heterocycles. The number of fused-ring (bicyclic) bond motifs is 6. The van der Waals surface area contributed by atoms with E-state index in [1.807, 2.05) is 30.5 Å². The van der Waals surface area contributed by atoms with Crippen LogP contribution in [0.5, 0.6) is 0 Å². The Balaban J connectivity index is 1.19. The van der Waals surface area contributed by atoms with Crippen LogP contribution in [0.2, 0.25) is 0 Å². The molecule has 3 nitrogen and oxygen atoms in total. The van der Waals surface area contributed by atoms with Crippen LogP contribution in [0.1, 0.15) is 19.0 Å². The van der Waals surface area contributed by atoms with Crippen LogP contribution in [0.15, 0.2) is 200 Å². The van der Waals surface area contributed by atoms with Gasteiger partial charge in [-0.05, 0) is 91.7 Å². The van der Waals surface area contributed by atoms with Crippen molar-refractivity contribution in [2.75, 3.05) is 0 Å². The summed E-state index contributed by atoms with van der Waals surface area (Å²) in [6, 6.07) is 38.5. The van der Waals surface area contributed by atoms with Crippen molar-refractivity contribution in [2.24, 2.45) is 5.92 Å². The summed E-state index contributed by atoms with van der Waals surface area (Å²) in [5.74, 6) is 1.06. The van der Waals surface area contributed by atoms with Gasteiger partial charge in [-0.25, -0.2) is 9.97 Å². The van der Waals surface area contributed by atoms with Crippen LogP contribution < -0.4 is 0 Å². The zero-order valence-corrected chi connectivity index (χ0v) is 29.7. The smallest absolute Gasteiger partial charge is 0.160 e. The summed E-state index contributed by atoms with van der Waals surface area (Å²) in [7, 11) is 0. The lowest BCUT2D eigenvalue weighted by Gasteiger charge is -2.12. The van der Waals surface area contributed by atoms with E-state index >= 15 is 0 Å². The minimum atomic E-state index is 0.385. The van der Waals surface area contributed by atoms with Gasteiger partial charge in [0.25, 0.3) is 0 Å². The topological polar surface area (TPSA) is 38.7 Å². The SMILES string of the molecule is C=C(/C=C\C=C\c1cc(-c2cccc(-c3cccnc3)c2)nc(-c2ccc3c4ccccc4c4ccccc4c3c2)n1)/C1=C/C=C\C(C)/C=C\C=C/C1. The summed E-state index contributed by atoms with van der Waals surface area (Å²) >= 11 is 0. The number of allylic oxidation sites excluding steroid dienone is 12. The first-order valence-electron chi connectivity index (χ1n) is 18.1. The van der Waals surface area contributed by atoms with Crippen LogP contribution in [0.25, 0.3) is 72.2 Å². The third-order valence-corrected chi connectivity index (χ3v) is 9.70. The molecule has 8 rings (SSSR count). The Labute approximate surface area is 311 Å². The minimum Gasteiger partial charge on any atom is -0.264 e. The van der Waals surface area contributed by atoms with Gasteiger partial charge in [0, 0.05) is 29.1 Å². The largest absolute Gasteiger partial charge is 0.264 e. The molecule has 254 valence electrons. The van der Waals surface area contributed by atoms with E-state index in [2.05, 4.69) is 170 Å². The van der Waals surface area contributed by atoms with Crippen molar-refractivity contribution in [3.63, 3.8) is 0 Å². The van der Waals surface area contributed by atoms with Crippen molar-refractivity contribution in [3.05, 3.63) is 206 Å². The van der Waals surface area contributed by atoms with Crippen LogP contribution in [-0.4, -0.2) is 15.0 Å². The molecule has 0 fully saturated rings. The second kappa shape index (κ2) is 15.3. The molecule has 0 aliphatic heterocycles. The standard InChI is InChI=1S/C50H39N3/c1-35-15-4-3-5-18-37(19-12-16-35)36(2)17-6-7-23-42-33-49(39-21-13-20-38(31-39)41-22-14-30-51-34-41)53-50(52-42)40-28-29-47-45-26-9-8-24-43(45)44-25-10-11-27-46(44)48(47)32-40/h3-17,19-35H,2,18H2,1H3/b5-3-,15-4-,16-12-,17-6-,23-7+,37-19+. The molecule has 0 bridgehead atoms. The summed E-state index contributed by atoms with van der Waals surface area (Å²) in [4.78, 5) is 14.6. The fourth-order valence-corrected chi connectivity index (χ4v) is 6.93. The van der Waals surface area contributed by atoms with E-state index in [1.165, 1.54) is 37.9 Å². The Kier molecular flexibility index (Phi) is 9.63. The van der Waals surface area contributed by atoms with Gasteiger partial charge >= 0.3 is 0 Å². The summed E-state index contributed by atoms with van der Waals surface area (Å²) in [6.07, 6.45) is 27.8. The Morgan fingerprint density at radius 1 is 0.642 bits per heavy atom. The quantitative estimate of drug-likeness (QED) is 0.124. The lowest BCUT2D eigenvalue weighted by Crippen LogP contribution is -1.96. The second-order valence-corrected chi connectivity index (χ2v) is 13.4. The molecule has 0 radical (unpaired) electrons. The lowest BCUT2D eigenvalue weighted by molar-refractivity contribution is 0.939. The van der Waals surface area contributed by atoms with Crippen molar-refractivity contribution < 1.29 is 0 Å². The number of hydrogen-bond donors (Lipinski definition) is 0. The monoisotopic (exact) mass is 681 g/mol. The van der Waals surface area contributed by atoms with Crippen LogP contribution in [0, 0.1) is 5.92 Å². The first-order valence-corrected chi connectivity index (χ1v) is 18.1. The van der Waals surface area contributed by atoms with Crippen molar-refractivity contribution >= 4 is 38.4 Å². The number of rotatable bonds is 7. The molecular formula is C50H39N3. The van der Waals surface area contributed by atoms with E-state index in [4.69, 9.17) is 9.97 Å². The average Bonchev–Trinajstić information content (AvgIpc) is 3.22. The Hall–Kier alpha value is -6.71. The molecule has 3 heteroatoms. The molecule has 5 aromatic carbocycles. The molecule has 0 spiro atoms. The first-order chi connectivity index (χ1) is 26.1. The molecule has 7 aromatic rings. The zero-order valence-electron chi connectivity index (χ0n) is 29.7. The highest BCUT2D eigenvalue weighted by Crippen LogP contribution is 2.37. The van der Waals surface area contributed by atoms with Crippen LogP contribution >= 0.6 is 0 Å². The predicted molar refractivity (Wildman–Crippen MR) is 225 cm³/mol. The van der Waals surface area contributed by atoms with Crippen molar-refractivity contribution in [3.8, 4) is 33.8 Å². The normalized spacial score (nSPS) is 17.6. The molecule has 1 aliphatic carbocycles. The van der Waals surface area contributed by atoms with Gasteiger partial charge in [-0.3, -0.25) is 4.98 Å². The third-order valence-electron chi connectivity index (χ3n) is 9.70.